The number of rotatable bonds is 5. The van der Waals surface area contributed by atoms with Crippen molar-refractivity contribution in [3.8, 4) is 11.3 Å². The number of aryl methyl sites for hydroxylation is 3. The fraction of sp³-hybridized carbons (Fsp3) is 0.211. The van der Waals surface area contributed by atoms with Crippen LogP contribution in [0.1, 0.15) is 11.3 Å². The Morgan fingerprint density at radius 2 is 2.03 bits per heavy atom. The summed E-state index contributed by atoms with van der Waals surface area (Å²) in [5, 5.41) is 8.45. The van der Waals surface area contributed by atoms with Crippen LogP contribution in [0.3, 0.4) is 0 Å². The van der Waals surface area contributed by atoms with Gasteiger partial charge in [0.05, 0.1) is 18.2 Å². The molecule has 1 aromatic carbocycles. The monoisotopic (exact) mass is 428 g/mol. The van der Waals surface area contributed by atoms with Gasteiger partial charge in [0.2, 0.25) is 5.91 Å². The van der Waals surface area contributed by atoms with Gasteiger partial charge in [-0.25, -0.2) is 9.97 Å². The zero-order chi connectivity index (χ0) is 20.5. The number of nitrogens with one attached hydrogen (secondary N) is 1. The summed E-state index contributed by atoms with van der Waals surface area (Å²) >= 11 is 7.34. The minimum atomic E-state index is -0.223. The fourth-order valence-corrected chi connectivity index (χ4v) is 3.93. The molecule has 3 heterocycles. The lowest BCUT2D eigenvalue weighted by molar-refractivity contribution is -0.116. The number of hydrogen-bond acceptors (Lipinski definition) is 6. The summed E-state index contributed by atoms with van der Waals surface area (Å²) in [4.78, 5) is 34.6. The molecule has 0 aliphatic heterocycles. The molecule has 3 aromatic heterocycles. The average molecular weight is 429 g/mol. The maximum atomic E-state index is 12.5. The zero-order valence-corrected chi connectivity index (χ0v) is 17.3. The summed E-state index contributed by atoms with van der Waals surface area (Å²) in [5.74, 6) is -0.223. The molecule has 0 fully saturated rings. The Hall–Kier alpha value is -3.04. The van der Waals surface area contributed by atoms with E-state index in [4.69, 9.17) is 11.6 Å². The van der Waals surface area contributed by atoms with Gasteiger partial charge in [-0.1, -0.05) is 23.7 Å². The van der Waals surface area contributed by atoms with E-state index in [-0.39, 0.29) is 24.4 Å². The van der Waals surface area contributed by atoms with Crippen LogP contribution in [-0.4, -0.2) is 30.2 Å². The highest BCUT2D eigenvalue weighted by Gasteiger charge is 2.13. The number of carbonyl (C=O) groups excluding carboxylic acids is 1. The molecular weight excluding hydrogens is 412 g/mol. The molecule has 0 saturated heterocycles. The van der Waals surface area contributed by atoms with Crippen LogP contribution < -0.4 is 10.9 Å². The van der Waals surface area contributed by atoms with Crippen LogP contribution >= 0.6 is 22.9 Å². The number of thiazole rings is 1. The molecule has 1 amide bonds. The third-order valence-corrected chi connectivity index (χ3v) is 5.60. The topological polar surface area (TPSA) is 94.7 Å². The summed E-state index contributed by atoms with van der Waals surface area (Å²) in [5.41, 5.74) is 2.05. The highest BCUT2D eigenvalue weighted by molar-refractivity contribution is 7.16. The number of halogens is 1. The average Bonchev–Trinajstić information content (AvgIpc) is 3.25. The molecule has 0 atom stereocenters. The third kappa shape index (κ3) is 3.92. The Bertz CT molecular complexity index is 1260. The van der Waals surface area contributed by atoms with Crippen molar-refractivity contribution in [1.82, 2.24) is 24.3 Å². The van der Waals surface area contributed by atoms with Crippen LogP contribution in [0.25, 0.3) is 22.3 Å². The number of carbonyl (C=O) groups is 1. The van der Waals surface area contributed by atoms with E-state index in [0.717, 1.165) is 16.1 Å². The minimum Gasteiger partial charge on any atom is -0.302 e. The molecule has 0 aliphatic rings. The van der Waals surface area contributed by atoms with Gasteiger partial charge in [-0.3, -0.25) is 18.8 Å². The first-order valence-corrected chi connectivity index (χ1v) is 10.0. The van der Waals surface area contributed by atoms with E-state index in [9.17, 15) is 9.59 Å². The van der Waals surface area contributed by atoms with Crippen molar-refractivity contribution in [2.24, 2.45) is 7.05 Å². The van der Waals surface area contributed by atoms with E-state index in [0.29, 0.717) is 21.2 Å². The molecule has 0 radical (unpaired) electrons. The molecule has 0 saturated carbocycles. The van der Waals surface area contributed by atoms with E-state index >= 15 is 0 Å². The number of hydrogen-bond donors (Lipinski definition) is 1. The number of benzene rings is 1. The van der Waals surface area contributed by atoms with Gasteiger partial charge in [0.25, 0.3) is 5.56 Å². The molecule has 4 aromatic rings. The van der Waals surface area contributed by atoms with Gasteiger partial charge in [0.1, 0.15) is 5.39 Å². The summed E-state index contributed by atoms with van der Waals surface area (Å²) in [6.07, 6.45) is 3.05. The molecule has 29 heavy (non-hydrogen) atoms. The normalized spacial score (nSPS) is 11.1. The van der Waals surface area contributed by atoms with Crippen LogP contribution in [0.15, 0.2) is 41.6 Å². The largest absolute Gasteiger partial charge is 0.302 e. The lowest BCUT2D eigenvalue weighted by Gasteiger charge is -2.05. The molecular formula is C19H17ClN6O2S. The Labute approximate surface area is 174 Å². The second-order valence-electron chi connectivity index (χ2n) is 6.48. The van der Waals surface area contributed by atoms with Gasteiger partial charge >= 0.3 is 0 Å². The maximum Gasteiger partial charge on any atom is 0.264 e. The number of nitrogens with zero attached hydrogens (tertiary/aromatic N) is 5. The predicted octanol–water partition coefficient (Wildman–Crippen LogP) is 3.24. The lowest BCUT2D eigenvalue weighted by Crippen LogP contribution is -2.23. The van der Waals surface area contributed by atoms with E-state index in [1.165, 1.54) is 33.1 Å². The van der Waals surface area contributed by atoms with Crippen molar-refractivity contribution in [3.05, 3.63) is 57.0 Å². The predicted molar refractivity (Wildman–Crippen MR) is 113 cm³/mol. The van der Waals surface area contributed by atoms with E-state index < -0.39 is 0 Å². The van der Waals surface area contributed by atoms with Gasteiger partial charge < -0.3 is 5.32 Å². The number of aromatic nitrogens is 5. The number of amides is 1. The van der Waals surface area contributed by atoms with Gasteiger partial charge in [0, 0.05) is 35.5 Å². The molecule has 0 aliphatic carbocycles. The number of fused-ring (bicyclic) bond motifs is 1. The van der Waals surface area contributed by atoms with Crippen molar-refractivity contribution in [3.63, 3.8) is 0 Å². The molecule has 8 nitrogen and oxygen atoms in total. The SMILES string of the molecule is Cc1sc(NC(=O)CCn2cnc3c(cnn3C)c2=O)nc1-c1ccc(Cl)cc1. The van der Waals surface area contributed by atoms with Crippen molar-refractivity contribution in [1.29, 1.82) is 0 Å². The Morgan fingerprint density at radius 3 is 2.79 bits per heavy atom. The van der Waals surface area contributed by atoms with Crippen LogP contribution in [0.5, 0.6) is 0 Å². The lowest BCUT2D eigenvalue weighted by atomic mass is 10.1. The van der Waals surface area contributed by atoms with Crippen LogP contribution in [0, 0.1) is 6.92 Å². The minimum absolute atomic E-state index is 0.127. The first kappa shape index (κ1) is 19.3. The van der Waals surface area contributed by atoms with Gasteiger partial charge in [-0.15, -0.1) is 11.3 Å². The Kier molecular flexibility index (Phi) is 5.16. The van der Waals surface area contributed by atoms with Crippen LogP contribution in [-0.2, 0) is 18.4 Å². The maximum absolute atomic E-state index is 12.5. The van der Waals surface area contributed by atoms with Crippen LogP contribution in [0.2, 0.25) is 5.02 Å². The summed E-state index contributed by atoms with van der Waals surface area (Å²) in [7, 11) is 1.72. The Morgan fingerprint density at radius 1 is 1.28 bits per heavy atom. The molecule has 0 unspecified atom stereocenters. The van der Waals surface area contributed by atoms with Gasteiger partial charge in [-0.05, 0) is 19.1 Å². The molecule has 10 heteroatoms. The fourth-order valence-electron chi connectivity index (χ4n) is 2.96. The summed E-state index contributed by atoms with van der Waals surface area (Å²) in [6, 6.07) is 7.39. The second-order valence-corrected chi connectivity index (χ2v) is 8.12. The van der Waals surface area contributed by atoms with Crippen molar-refractivity contribution in [2.45, 2.75) is 19.9 Å². The highest BCUT2D eigenvalue weighted by Crippen LogP contribution is 2.31. The van der Waals surface area contributed by atoms with E-state index in [1.807, 2.05) is 19.1 Å². The quantitative estimate of drug-likeness (QED) is 0.526. The number of anilines is 1. The smallest absolute Gasteiger partial charge is 0.264 e. The molecule has 148 valence electrons. The van der Waals surface area contributed by atoms with Gasteiger partial charge in [-0.2, -0.15) is 5.10 Å². The highest BCUT2D eigenvalue weighted by atomic mass is 35.5. The molecule has 1 N–H and O–H groups in total. The molecule has 4 rings (SSSR count). The molecule has 0 spiro atoms. The van der Waals surface area contributed by atoms with E-state index in [2.05, 4.69) is 20.4 Å². The standard InChI is InChI=1S/C19H17ClN6O2S/c1-11-16(12-3-5-13(20)6-4-12)24-19(29-11)23-15(27)7-8-26-10-21-17-14(18(26)28)9-22-25(17)2/h3-6,9-10H,7-8H2,1-2H3,(H,23,24,27). The molecule has 0 bridgehead atoms. The zero-order valence-electron chi connectivity index (χ0n) is 15.7. The first-order chi connectivity index (χ1) is 13.9. The Balaban J connectivity index is 1.44. The van der Waals surface area contributed by atoms with Crippen molar-refractivity contribution < 1.29 is 4.79 Å². The summed E-state index contributed by atoms with van der Waals surface area (Å²) in [6.45, 7) is 2.17. The third-order valence-electron chi connectivity index (χ3n) is 4.46. The second kappa shape index (κ2) is 7.76. The van der Waals surface area contributed by atoms with E-state index in [1.54, 1.807) is 19.2 Å². The van der Waals surface area contributed by atoms with Crippen molar-refractivity contribution >= 4 is 45.0 Å². The summed E-state index contributed by atoms with van der Waals surface area (Å²) < 4.78 is 2.95. The van der Waals surface area contributed by atoms with Crippen LogP contribution in [0.4, 0.5) is 5.13 Å². The van der Waals surface area contributed by atoms with Crippen molar-refractivity contribution in [2.75, 3.05) is 5.32 Å². The first-order valence-electron chi connectivity index (χ1n) is 8.83. The van der Waals surface area contributed by atoms with Gasteiger partial charge in [0.15, 0.2) is 10.8 Å².